The number of thioether (sulfide) groups is 1. The monoisotopic (exact) mass is 215 g/mol. The number of carboxylic acid groups (broad SMARTS) is 1. The predicted molar refractivity (Wildman–Crippen MR) is 53.3 cm³/mol. The van der Waals surface area contributed by atoms with Crippen molar-refractivity contribution in [3.05, 3.63) is 12.5 Å². The normalized spacial score (nSPS) is 11.6. The van der Waals surface area contributed by atoms with Crippen molar-refractivity contribution in [1.82, 2.24) is 4.98 Å². The highest BCUT2D eigenvalue weighted by molar-refractivity contribution is 7.99. The van der Waals surface area contributed by atoms with Crippen LogP contribution in [0.15, 0.2) is 22.1 Å². The summed E-state index contributed by atoms with van der Waals surface area (Å²) >= 11 is 1.43. The molecule has 0 aromatic carbocycles. The van der Waals surface area contributed by atoms with Crippen LogP contribution >= 0.6 is 11.8 Å². The van der Waals surface area contributed by atoms with Gasteiger partial charge in [0.25, 0.3) is 5.22 Å². The standard InChI is InChI=1S/C9H13NO3S/c1-9(2,7(11)12)3-6-14-8-10-4-5-13-8/h4-5H,3,6H2,1-2H3,(H,11,12). The van der Waals surface area contributed by atoms with Crippen LogP contribution in [0.25, 0.3) is 0 Å². The molecule has 1 N–H and O–H groups in total. The minimum atomic E-state index is -0.773. The Bertz CT molecular complexity index is 295. The molecule has 0 radical (unpaired) electrons. The molecule has 1 aromatic rings. The molecule has 1 aromatic heterocycles. The van der Waals surface area contributed by atoms with E-state index in [-0.39, 0.29) is 0 Å². The highest BCUT2D eigenvalue weighted by atomic mass is 32.2. The first-order chi connectivity index (χ1) is 6.52. The molecule has 78 valence electrons. The summed E-state index contributed by atoms with van der Waals surface area (Å²) in [6.45, 7) is 3.43. The number of aromatic nitrogens is 1. The van der Waals surface area contributed by atoms with Crippen molar-refractivity contribution < 1.29 is 14.3 Å². The van der Waals surface area contributed by atoms with E-state index in [4.69, 9.17) is 9.52 Å². The van der Waals surface area contributed by atoms with Gasteiger partial charge in [-0.3, -0.25) is 4.79 Å². The minimum Gasteiger partial charge on any atom is -0.481 e. The number of carboxylic acids is 1. The van der Waals surface area contributed by atoms with Crippen molar-refractivity contribution in [2.45, 2.75) is 25.5 Å². The average molecular weight is 215 g/mol. The van der Waals surface area contributed by atoms with Crippen LogP contribution in [0.5, 0.6) is 0 Å². The Kier molecular flexibility index (Phi) is 3.57. The fraction of sp³-hybridized carbons (Fsp3) is 0.556. The molecule has 0 aliphatic carbocycles. The van der Waals surface area contributed by atoms with Crippen LogP contribution in [0.4, 0.5) is 0 Å². The van der Waals surface area contributed by atoms with E-state index in [1.165, 1.54) is 18.0 Å². The fourth-order valence-electron chi connectivity index (χ4n) is 0.782. The van der Waals surface area contributed by atoms with Gasteiger partial charge in [-0.15, -0.1) is 0 Å². The molecule has 0 unspecified atom stereocenters. The van der Waals surface area contributed by atoms with Gasteiger partial charge in [-0.1, -0.05) is 11.8 Å². The summed E-state index contributed by atoms with van der Waals surface area (Å²) in [4.78, 5) is 14.7. The average Bonchev–Trinajstić information content (AvgIpc) is 2.56. The molecular formula is C9H13NO3S. The zero-order valence-electron chi connectivity index (χ0n) is 8.19. The van der Waals surface area contributed by atoms with Crippen LogP contribution < -0.4 is 0 Å². The maximum atomic E-state index is 10.8. The molecule has 4 nitrogen and oxygen atoms in total. The van der Waals surface area contributed by atoms with Crippen molar-refractivity contribution in [2.24, 2.45) is 5.41 Å². The predicted octanol–water partition coefficient (Wildman–Crippen LogP) is 2.27. The third kappa shape index (κ3) is 3.06. The van der Waals surface area contributed by atoms with Gasteiger partial charge in [0.05, 0.1) is 11.6 Å². The van der Waals surface area contributed by atoms with Crippen LogP contribution in [0.3, 0.4) is 0 Å². The summed E-state index contributed by atoms with van der Waals surface area (Å²) in [7, 11) is 0. The molecule has 14 heavy (non-hydrogen) atoms. The second kappa shape index (κ2) is 4.50. The topological polar surface area (TPSA) is 63.3 Å². The molecule has 1 heterocycles. The van der Waals surface area contributed by atoms with Crippen LogP contribution in [0.1, 0.15) is 20.3 Å². The summed E-state index contributed by atoms with van der Waals surface area (Å²) in [5, 5.41) is 9.44. The van der Waals surface area contributed by atoms with Crippen molar-refractivity contribution in [2.75, 3.05) is 5.75 Å². The lowest BCUT2D eigenvalue weighted by Gasteiger charge is -2.17. The summed E-state index contributed by atoms with van der Waals surface area (Å²) < 4.78 is 5.01. The molecule has 0 fully saturated rings. The molecule has 0 atom stereocenters. The summed E-state index contributed by atoms with van der Waals surface area (Å²) in [6.07, 6.45) is 3.67. The lowest BCUT2D eigenvalue weighted by Crippen LogP contribution is -2.24. The molecule has 5 heteroatoms. The maximum absolute atomic E-state index is 10.8. The number of oxazole rings is 1. The van der Waals surface area contributed by atoms with E-state index in [9.17, 15) is 4.79 Å². The Morgan fingerprint density at radius 2 is 2.43 bits per heavy atom. The lowest BCUT2D eigenvalue weighted by atomic mass is 9.91. The van der Waals surface area contributed by atoms with E-state index in [1.807, 2.05) is 0 Å². The van der Waals surface area contributed by atoms with Gasteiger partial charge in [-0.05, 0) is 20.3 Å². The highest BCUT2D eigenvalue weighted by Crippen LogP contribution is 2.25. The Labute approximate surface area is 86.7 Å². The number of hydrogen-bond acceptors (Lipinski definition) is 4. The quantitative estimate of drug-likeness (QED) is 0.763. The van der Waals surface area contributed by atoms with E-state index >= 15 is 0 Å². The Hall–Kier alpha value is -0.970. The molecule has 0 saturated heterocycles. The molecule has 0 saturated carbocycles. The van der Waals surface area contributed by atoms with Crippen molar-refractivity contribution in [1.29, 1.82) is 0 Å². The molecule has 0 aliphatic heterocycles. The van der Waals surface area contributed by atoms with E-state index in [2.05, 4.69) is 4.98 Å². The Morgan fingerprint density at radius 3 is 2.93 bits per heavy atom. The largest absolute Gasteiger partial charge is 0.481 e. The van der Waals surface area contributed by atoms with Gasteiger partial charge in [0.1, 0.15) is 6.26 Å². The molecular weight excluding hydrogens is 202 g/mol. The van der Waals surface area contributed by atoms with E-state index < -0.39 is 11.4 Å². The molecule has 1 rings (SSSR count). The van der Waals surface area contributed by atoms with Crippen molar-refractivity contribution in [3.63, 3.8) is 0 Å². The zero-order valence-corrected chi connectivity index (χ0v) is 9.00. The molecule has 0 aliphatic rings. The van der Waals surface area contributed by atoms with Crippen molar-refractivity contribution in [3.8, 4) is 0 Å². The van der Waals surface area contributed by atoms with Gasteiger partial charge < -0.3 is 9.52 Å². The van der Waals surface area contributed by atoms with Crippen LogP contribution in [-0.2, 0) is 4.79 Å². The van der Waals surface area contributed by atoms with Crippen LogP contribution in [0, 0.1) is 5.41 Å². The van der Waals surface area contributed by atoms with E-state index in [1.54, 1.807) is 20.0 Å². The van der Waals surface area contributed by atoms with Gasteiger partial charge in [0, 0.05) is 5.75 Å². The summed E-state index contributed by atoms with van der Waals surface area (Å²) in [5.41, 5.74) is -0.681. The lowest BCUT2D eigenvalue weighted by molar-refractivity contribution is -0.146. The molecule has 0 amide bonds. The number of carbonyl (C=O) groups is 1. The second-order valence-corrected chi connectivity index (χ2v) is 4.63. The van der Waals surface area contributed by atoms with Gasteiger partial charge in [-0.2, -0.15) is 0 Å². The van der Waals surface area contributed by atoms with Crippen LogP contribution in [0.2, 0.25) is 0 Å². The summed E-state index contributed by atoms with van der Waals surface area (Å²) in [5.74, 6) is -0.0784. The SMILES string of the molecule is CC(C)(CCSc1ncco1)C(=O)O. The van der Waals surface area contributed by atoms with E-state index in [0.717, 1.165) is 0 Å². The van der Waals surface area contributed by atoms with Gasteiger partial charge in [-0.25, -0.2) is 4.98 Å². The van der Waals surface area contributed by atoms with E-state index in [0.29, 0.717) is 17.4 Å². The first-order valence-corrected chi connectivity index (χ1v) is 5.26. The van der Waals surface area contributed by atoms with Crippen molar-refractivity contribution >= 4 is 17.7 Å². The molecule has 0 spiro atoms. The first-order valence-electron chi connectivity index (χ1n) is 4.28. The number of rotatable bonds is 5. The van der Waals surface area contributed by atoms with Crippen LogP contribution in [-0.4, -0.2) is 21.8 Å². The van der Waals surface area contributed by atoms with Gasteiger partial charge >= 0.3 is 5.97 Å². The van der Waals surface area contributed by atoms with Gasteiger partial charge in [0.2, 0.25) is 0 Å². The summed E-state index contributed by atoms with van der Waals surface area (Å²) in [6, 6.07) is 0. The Balaban J connectivity index is 2.31. The number of aliphatic carboxylic acids is 1. The highest BCUT2D eigenvalue weighted by Gasteiger charge is 2.26. The third-order valence-corrected chi connectivity index (χ3v) is 2.80. The fourth-order valence-corrected chi connectivity index (χ4v) is 1.83. The Morgan fingerprint density at radius 1 is 1.71 bits per heavy atom. The zero-order chi connectivity index (χ0) is 10.6. The maximum Gasteiger partial charge on any atom is 0.309 e. The molecule has 0 bridgehead atoms. The smallest absolute Gasteiger partial charge is 0.309 e. The number of hydrogen-bond donors (Lipinski definition) is 1. The van der Waals surface area contributed by atoms with Gasteiger partial charge in [0.15, 0.2) is 0 Å². The third-order valence-electron chi connectivity index (χ3n) is 1.94. The second-order valence-electron chi connectivity index (χ2n) is 3.59. The minimum absolute atomic E-state index is 0.589. The number of nitrogens with zero attached hydrogens (tertiary/aromatic N) is 1. The first kappa shape index (κ1) is 11.1.